The summed E-state index contributed by atoms with van der Waals surface area (Å²) in [6.45, 7) is 3.95. The second kappa shape index (κ2) is 2.82. The predicted molar refractivity (Wildman–Crippen MR) is 51.9 cm³/mol. The van der Waals surface area contributed by atoms with Crippen LogP contribution in [0.5, 0.6) is 0 Å². The van der Waals surface area contributed by atoms with Crippen LogP contribution in [0.25, 0.3) is 0 Å². The lowest BCUT2D eigenvalue weighted by Crippen LogP contribution is -2.43. The molecule has 0 aromatic carbocycles. The zero-order chi connectivity index (χ0) is 9.64. The smallest absolute Gasteiger partial charge is 0.211 e. The molecule has 2 rings (SSSR count). The number of hydrogen-bond donors (Lipinski definition) is 0. The Bertz CT molecular complexity index is 318. The van der Waals surface area contributed by atoms with Crippen LogP contribution in [0.3, 0.4) is 0 Å². The number of nitrogens with zero attached hydrogens (tertiary/aromatic N) is 1. The summed E-state index contributed by atoms with van der Waals surface area (Å²) in [7, 11) is -2.99. The van der Waals surface area contributed by atoms with Crippen LogP contribution < -0.4 is 0 Å². The zero-order valence-corrected chi connectivity index (χ0v) is 8.68. The molecule has 0 aromatic heterocycles. The number of hydrogen-bond acceptors (Lipinski definition) is 2. The van der Waals surface area contributed by atoms with Gasteiger partial charge in [-0.25, -0.2) is 8.42 Å². The monoisotopic (exact) mass is 201 g/mol. The van der Waals surface area contributed by atoms with Crippen molar-refractivity contribution in [1.82, 2.24) is 4.31 Å². The largest absolute Gasteiger partial charge is 0.212 e. The van der Waals surface area contributed by atoms with Gasteiger partial charge in [-0.05, 0) is 25.7 Å². The van der Waals surface area contributed by atoms with Crippen molar-refractivity contribution in [1.29, 1.82) is 0 Å². The summed E-state index contributed by atoms with van der Waals surface area (Å²) in [4.78, 5) is 0. The molecule has 0 aromatic rings. The van der Waals surface area contributed by atoms with Crippen molar-refractivity contribution >= 4 is 10.0 Å². The van der Waals surface area contributed by atoms with Crippen LogP contribution in [0.1, 0.15) is 25.7 Å². The Labute approximate surface area is 79.5 Å². The van der Waals surface area contributed by atoms with Gasteiger partial charge in [0.15, 0.2) is 0 Å². The quantitative estimate of drug-likeness (QED) is 0.596. The Morgan fingerprint density at radius 3 is 2.15 bits per heavy atom. The molecule has 2 aliphatic heterocycles. The molecule has 0 spiro atoms. The van der Waals surface area contributed by atoms with Crippen LogP contribution in [-0.2, 0) is 10.0 Å². The average Bonchev–Trinajstić information content (AvgIpc) is 2.23. The normalized spacial score (nSPS) is 35.3. The number of rotatable bonds is 1. The van der Waals surface area contributed by atoms with Crippen molar-refractivity contribution in [3.8, 4) is 0 Å². The van der Waals surface area contributed by atoms with Crippen LogP contribution in [0.15, 0.2) is 12.2 Å². The van der Waals surface area contributed by atoms with E-state index in [-0.39, 0.29) is 12.1 Å². The SMILES string of the molecule is C=C1C[C@H]2CC[C@@H](C1)N2S(C)(=O)=O. The van der Waals surface area contributed by atoms with Crippen LogP contribution in [0.2, 0.25) is 0 Å². The van der Waals surface area contributed by atoms with Gasteiger partial charge in [0.05, 0.1) is 6.26 Å². The lowest BCUT2D eigenvalue weighted by Gasteiger charge is -2.33. The first kappa shape index (κ1) is 9.21. The molecule has 0 N–H and O–H groups in total. The lowest BCUT2D eigenvalue weighted by molar-refractivity contribution is 0.288. The Morgan fingerprint density at radius 1 is 1.31 bits per heavy atom. The first-order valence-electron chi connectivity index (χ1n) is 4.63. The molecule has 3 nitrogen and oxygen atoms in total. The minimum atomic E-state index is -2.99. The van der Waals surface area contributed by atoms with Gasteiger partial charge in [0, 0.05) is 12.1 Å². The molecule has 2 saturated heterocycles. The molecule has 0 unspecified atom stereocenters. The molecule has 4 heteroatoms. The maximum atomic E-state index is 11.5. The fraction of sp³-hybridized carbons (Fsp3) is 0.778. The second-order valence-corrected chi connectivity index (χ2v) is 6.02. The van der Waals surface area contributed by atoms with Gasteiger partial charge in [-0.1, -0.05) is 12.2 Å². The molecule has 13 heavy (non-hydrogen) atoms. The summed E-state index contributed by atoms with van der Waals surface area (Å²) in [5.74, 6) is 0. The summed E-state index contributed by atoms with van der Waals surface area (Å²) < 4.78 is 24.6. The molecule has 2 atom stereocenters. The summed E-state index contributed by atoms with van der Waals surface area (Å²) in [6, 6.07) is 0.419. The average molecular weight is 201 g/mol. The molecule has 2 heterocycles. The van der Waals surface area contributed by atoms with Crippen LogP contribution in [-0.4, -0.2) is 31.1 Å². The first-order chi connectivity index (χ1) is 5.98. The first-order valence-corrected chi connectivity index (χ1v) is 6.48. The topological polar surface area (TPSA) is 37.4 Å². The van der Waals surface area contributed by atoms with E-state index in [1.165, 1.54) is 11.8 Å². The standard InChI is InChI=1S/C9H15NO2S/c1-7-5-8-3-4-9(6-7)10(8)13(2,11)12/h8-9H,1,3-6H2,2H3/t8-,9+. The van der Waals surface area contributed by atoms with E-state index in [4.69, 9.17) is 0 Å². The van der Waals surface area contributed by atoms with Gasteiger partial charge in [0.2, 0.25) is 10.0 Å². The van der Waals surface area contributed by atoms with Gasteiger partial charge in [-0.15, -0.1) is 0 Å². The molecule has 0 aliphatic carbocycles. The molecule has 0 saturated carbocycles. The van der Waals surface area contributed by atoms with Crippen molar-refractivity contribution < 1.29 is 8.42 Å². The Hall–Kier alpha value is -0.350. The van der Waals surface area contributed by atoms with E-state index >= 15 is 0 Å². The van der Waals surface area contributed by atoms with Gasteiger partial charge in [-0.3, -0.25) is 0 Å². The van der Waals surface area contributed by atoms with Crippen LogP contribution in [0.4, 0.5) is 0 Å². The third-order valence-corrected chi connectivity index (χ3v) is 4.35. The molecule has 2 bridgehead atoms. The number of piperidine rings is 1. The fourth-order valence-corrected chi connectivity index (χ4v) is 4.06. The van der Waals surface area contributed by atoms with E-state index in [9.17, 15) is 8.42 Å². The molecule has 74 valence electrons. The minimum absolute atomic E-state index is 0.209. The Morgan fingerprint density at radius 2 is 1.77 bits per heavy atom. The molecule has 0 amide bonds. The second-order valence-electron chi connectivity index (χ2n) is 4.14. The van der Waals surface area contributed by atoms with Gasteiger partial charge >= 0.3 is 0 Å². The van der Waals surface area contributed by atoms with Crippen molar-refractivity contribution in [2.24, 2.45) is 0 Å². The van der Waals surface area contributed by atoms with Crippen molar-refractivity contribution in [3.63, 3.8) is 0 Å². The summed E-state index contributed by atoms with van der Waals surface area (Å²) in [6.07, 6.45) is 5.06. The molecular formula is C9H15NO2S. The highest BCUT2D eigenvalue weighted by Crippen LogP contribution is 2.38. The fourth-order valence-electron chi connectivity index (χ4n) is 2.61. The van der Waals surface area contributed by atoms with E-state index in [0.717, 1.165) is 25.7 Å². The predicted octanol–water partition coefficient (Wildman–Crippen LogP) is 1.13. The van der Waals surface area contributed by atoms with Crippen molar-refractivity contribution in [2.75, 3.05) is 6.26 Å². The van der Waals surface area contributed by atoms with Crippen LogP contribution >= 0.6 is 0 Å². The van der Waals surface area contributed by atoms with Crippen LogP contribution in [0, 0.1) is 0 Å². The molecule has 0 radical (unpaired) electrons. The molecule has 2 fully saturated rings. The van der Waals surface area contributed by atoms with E-state index in [2.05, 4.69) is 6.58 Å². The number of fused-ring (bicyclic) bond motifs is 2. The third-order valence-electron chi connectivity index (χ3n) is 2.98. The van der Waals surface area contributed by atoms with E-state index < -0.39 is 10.0 Å². The van der Waals surface area contributed by atoms with Gasteiger partial charge < -0.3 is 0 Å². The maximum absolute atomic E-state index is 11.5. The minimum Gasteiger partial charge on any atom is -0.212 e. The van der Waals surface area contributed by atoms with E-state index in [0.29, 0.717) is 0 Å². The maximum Gasteiger partial charge on any atom is 0.211 e. The van der Waals surface area contributed by atoms with Gasteiger partial charge in [0.25, 0.3) is 0 Å². The lowest BCUT2D eigenvalue weighted by atomic mass is 10.0. The third kappa shape index (κ3) is 1.53. The Balaban J connectivity index is 2.30. The van der Waals surface area contributed by atoms with Gasteiger partial charge in [-0.2, -0.15) is 4.31 Å². The molecule has 2 aliphatic rings. The van der Waals surface area contributed by atoms with E-state index in [1.54, 1.807) is 4.31 Å². The Kier molecular flexibility index (Phi) is 2.00. The highest BCUT2D eigenvalue weighted by atomic mass is 32.2. The molecular weight excluding hydrogens is 186 g/mol. The van der Waals surface area contributed by atoms with E-state index in [1.807, 2.05) is 0 Å². The summed E-state index contributed by atoms with van der Waals surface area (Å²) in [5.41, 5.74) is 1.22. The highest BCUT2D eigenvalue weighted by Gasteiger charge is 2.42. The van der Waals surface area contributed by atoms with Gasteiger partial charge in [0.1, 0.15) is 0 Å². The highest BCUT2D eigenvalue weighted by molar-refractivity contribution is 7.88. The van der Waals surface area contributed by atoms with Crippen molar-refractivity contribution in [3.05, 3.63) is 12.2 Å². The summed E-state index contributed by atoms with van der Waals surface area (Å²) >= 11 is 0. The zero-order valence-electron chi connectivity index (χ0n) is 7.86. The summed E-state index contributed by atoms with van der Waals surface area (Å²) in [5, 5.41) is 0. The number of sulfonamides is 1. The van der Waals surface area contributed by atoms with Crippen molar-refractivity contribution in [2.45, 2.75) is 37.8 Å².